The van der Waals surface area contributed by atoms with Crippen LogP contribution in [0.2, 0.25) is 0 Å². The fourth-order valence-corrected chi connectivity index (χ4v) is 2.61. The molecule has 1 aromatic rings. The number of nitrogen functional groups attached to an aromatic ring is 1. The number of aliphatic hydroxyl groups excluding tert-OH is 1. The topological polar surface area (TPSA) is 74.4 Å². The van der Waals surface area contributed by atoms with Crippen molar-refractivity contribution < 1.29 is 5.11 Å². The molecule has 0 aliphatic carbocycles. The van der Waals surface area contributed by atoms with Crippen LogP contribution in [-0.2, 0) is 6.54 Å². The molecule has 0 aromatic carbocycles. The minimum atomic E-state index is -0.168. The highest BCUT2D eigenvalue weighted by Crippen LogP contribution is 2.20. The Hall–Kier alpha value is -0.690. The average molecular weight is 228 g/mol. The average Bonchev–Trinajstić information content (AvgIpc) is 2.65. The summed E-state index contributed by atoms with van der Waals surface area (Å²) in [5.41, 5.74) is 2.53. The standard InChI is InChI=1S/C9H16N4OS/c10-12-9-11-4-8(15-9)6-13-3-1-2-7(14)5-13/h4,7,14H,1-3,5-6,10H2,(H,11,12). The van der Waals surface area contributed by atoms with Gasteiger partial charge in [-0.2, -0.15) is 0 Å². The number of nitrogens with two attached hydrogens (primary N) is 1. The molecule has 1 saturated heterocycles. The number of aliphatic hydroxyl groups is 1. The van der Waals surface area contributed by atoms with Gasteiger partial charge in [-0.1, -0.05) is 11.3 Å². The summed E-state index contributed by atoms with van der Waals surface area (Å²) in [6.45, 7) is 2.68. The molecule has 15 heavy (non-hydrogen) atoms. The van der Waals surface area contributed by atoms with Crippen LogP contribution in [0.25, 0.3) is 0 Å². The first-order valence-electron chi connectivity index (χ1n) is 5.09. The molecule has 84 valence electrons. The van der Waals surface area contributed by atoms with Gasteiger partial charge in [0.2, 0.25) is 0 Å². The molecule has 1 aliphatic rings. The van der Waals surface area contributed by atoms with Crippen LogP contribution >= 0.6 is 11.3 Å². The van der Waals surface area contributed by atoms with Gasteiger partial charge < -0.3 is 5.11 Å². The molecule has 0 saturated carbocycles. The number of nitrogens with one attached hydrogen (secondary N) is 1. The fraction of sp³-hybridized carbons (Fsp3) is 0.667. The number of β-amino-alcohol motifs (C(OH)–C–C–N with tert-alkyl or cyclic N) is 1. The third-order valence-corrected chi connectivity index (χ3v) is 3.45. The van der Waals surface area contributed by atoms with Crippen LogP contribution in [0, 0.1) is 0 Å². The Balaban J connectivity index is 1.90. The number of hydrazine groups is 1. The highest BCUT2D eigenvalue weighted by atomic mass is 32.1. The van der Waals surface area contributed by atoms with E-state index >= 15 is 0 Å². The Morgan fingerprint density at radius 1 is 1.73 bits per heavy atom. The Bertz CT molecular complexity index is 317. The molecule has 1 aromatic heterocycles. The highest BCUT2D eigenvalue weighted by Gasteiger charge is 2.18. The van der Waals surface area contributed by atoms with Gasteiger partial charge in [0.05, 0.1) is 6.10 Å². The van der Waals surface area contributed by atoms with Gasteiger partial charge in [-0.15, -0.1) is 0 Å². The second-order valence-electron chi connectivity index (χ2n) is 3.81. The van der Waals surface area contributed by atoms with Gasteiger partial charge in [0.25, 0.3) is 0 Å². The van der Waals surface area contributed by atoms with Crippen molar-refractivity contribution in [3.05, 3.63) is 11.1 Å². The number of piperidine rings is 1. The minimum absolute atomic E-state index is 0.168. The zero-order chi connectivity index (χ0) is 10.7. The van der Waals surface area contributed by atoms with Crippen LogP contribution in [0.4, 0.5) is 5.13 Å². The number of thiazole rings is 1. The summed E-state index contributed by atoms with van der Waals surface area (Å²) < 4.78 is 0. The zero-order valence-electron chi connectivity index (χ0n) is 8.52. The van der Waals surface area contributed by atoms with Crippen molar-refractivity contribution in [1.29, 1.82) is 0 Å². The highest BCUT2D eigenvalue weighted by molar-refractivity contribution is 7.15. The Kier molecular flexibility index (Phi) is 3.53. The first kappa shape index (κ1) is 10.8. The summed E-state index contributed by atoms with van der Waals surface area (Å²) in [6, 6.07) is 0. The van der Waals surface area contributed by atoms with Crippen LogP contribution in [0.15, 0.2) is 6.20 Å². The van der Waals surface area contributed by atoms with Crippen molar-refractivity contribution in [2.45, 2.75) is 25.5 Å². The van der Waals surface area contributed by atoms with Gasteiger partial charge in [0.1, 0.15) is 0 Å². The molecule has 6 heteroatoms. The van der Waals surface area contributed by atoms with Crippen molar-refractivity contribution in [1.82, 2.24) is 9.88 Å². The number of anilines is 1. The maximum atomic E-state index is 9.52. The molecule has 1 unspecified atom stereocenters. The van der Waals surface area contributed by atoms with E-state index in [1.165, 1.54) is 4.88 Å². The van der Waals surface area contributed by atoms with Crippen molar-refractivity contribution in [3.63, 3.8) is 0 Å². The number of aromatic nitrogens is 1. The van der Waals surface area contributed by atoms with Crippen molar-refractivity contribution in [2.75, 3.05) is 18.5 Å². The molecule has 1 atom stereocenters. The quantitative estimate of drug-likeness (QED) is 0.515. The van der Waals surface area contributed by atoms with Gasteiger partial charge >= 0.3 is 0 Å². The SMILES string of the molecule is NNc1ncc(CN2CCCC(O)C2)s1. The lowest BCUT2D eigenvalue weighted by Gasteiger charge is -2.29. The molecular formula is C9H16N4OS. The van der Waals surface area contributed by atoms with Gasteiger partial charge in [0, 0.05) is 24.2 Å². The maximum absolute atomic E-state index is 9.52. The largest absolute Gasteiger partial charge is 0.392 e. The number of likely N-dealkylation sites (tertiary alicyclic amines) is 1. The maximum Gasteiger partial charge on any atom is 0.197 e. The minimum Gasteiger partial charge on any atom is -0.392 e. The normalized spacial score (nSPS) is 22.9. The van der Waals surface area contributed by atoms with E-state index in [0.29, 0.717) is 0 Å². The lowest BCUT2D eigenvalue weighted by molar-refractivity contribution is 0.0673. The smallest absolute Gasteiger partial charge is 0.197 e. The van der Waals surface area contributed by atoms with E-state index < -0.39 is 0 Å². The Labute approximate surface area is 92.9 Å². The monoisotopic (exact) mass is 228 g/mol. The van der Waals surface area contributed by atoms with Gasteiger partial charge in [-0.3, -0.25) is 10.3 Å². The summed E-state index contributed by atoms with van der Waals surface area (Å²) in [5.74, 6) is 5.26. The van der Waals surface area contributed by atoms with Crippen LogP contribution in [-0.4, -0.2) is 34.2 Å². The van der Waals surface area contributed by atoms with Crippen LogP contribution in [0.5, 0.6) is 0 Å². The number of hydrogen-bond acceptors (Lipinski definition) is 6. The van der Waals surface area contributed by atoms with Crippen LogP contribution in [0.3, 0.4) is 0 Å². The van der Waals surface area contributed by atoms with Gasteiger partial charge in [0.15, 0.2) is 5.13 Å². The first-order chi connectivity index (χ1) is 7.28. The molecule has 4 N–H and O–H groups in total. The van der Waals surface area contributed by atoms with E-state index in [1.807, 2.05) is 6.20 Å². The number of nitrogens with zero attached hydrogens (tertiary/aromatic N) is 2. The Morgan fingerprint density at radius 3 is 3.27 bits per heavy atom. The molecule has 1 aliphatic heterocycles. The molecule has 0 spiro atoms. The van der Waals surface area contributed by atoms with Crippen molar-refractivity contribution >= 4 is 16.5 Å². The van der Waals surface area contributed by atoms with Crippen molar-refractivity contribution in [2.24, 2.45) is 5.84 Å². The van der Waals surface area contributed by atoms with Crippen LogP contribution < -0.4 is 11.3 Å². The molecule has 0 amide bonds. The third-order valence-electron chi connectivity index (χ3n) is 2.54. The fourth-order valence-electron chi connectivity index (χ4n) is 1.84. The van der Waals surface area contributed by atoms with Gasteiger partial charge in [-0.25, -0.2) is 10.8 Å². The van der Waals surface area contributed by atoms with E-state index in [1.54, 1.807) is 11.3 Å². The second-order valence-corrected chi connectivity index (χ2v) is 4.92. The molecule has 1 fully saturated rings. The van der Waals surface area contributed by atoms with E-state index in [0.717, 1.165) is 37.6 Å². The third kappa shape index (κ3) is 2.88. The molecule has 0 bridgehead atoms. The summed E-state index contributed by atoms with van der Waals surface area (Å²) >= 11 is 1.56. The zero-order valence-corrected chi connectivity index (χ0v) is 9.33. The predicted octanol–water partition coefficient (Wildman–Crippen LogP) is 0.385. The lowest BCUT2D eigenvalue weighted by Crippen LogP contribution is -2.37. The van der Waals surface area contributed by atoms with E-state index in [9.17, 15) is 5.11 Å². The second kappa shape index (κ2) is 4.89. The number of hydrogen-bond donors (Lipinski definition) is 3. The van der Waals surface area contributed by atoms with Crippen molar-refractivity contribution in [3.8, 4) is 0 Å². The summed E-state index contributed by atoms with van der Waals surface area (Å²) in [5, 5.41) is 10.3. The molecule has 5 nitrogen and oxygen atoms in total. The summed E-state index contributed by atoms with van der Waals surface area (Å²) in [4.78, 5) is 7.54. The van der Waals surface area contributed by atoms with E-state index in [2.05, 4.69) is 15.3 Å². The van der Waals surface area contributed by atoms with E-state index in [4.69, 9.17) is 5.84 Å². The molecular weight excluding hydrogens is 212 g/mol. The predicted molar refractivity (Wildman–Crippen MR) is 60.4 cm³/mol. The first-order valence-corrected chi connectivity index (χ1v) is 5.91. The molecule has 0 radical (unpaired) electrons. The van der Waals surface area contributed by atoms with Crippen LogP contribution in [0.1, 0.15) is 17.7 Å². The number of rotatable bonds is 3. The Morgan fingerprint density at radius 2 is 2.60 bits per heavy atom. The van der Waals surface area contributed by atoms with Gasteiger partial charge in [-0.05, 0) is 19.4 Å². The molecule has 2 rings (SSSR count). The summed E-state index contributed by atoms with van der Waals surface area (Å²) in [6.07, 6.45) is 3.66. The lowest BCUT2D eigenvalue weighted by atomic mass is 10.1. The summed E-state index contributed by atoms with van der Waals surface area (Å²) in [7, 11) is 0. The van der Waals surface area contributed by atoms with E-state index in [-0.39, 0.29) is 6.10 Å². The molecule has 2 heterocycles.